The summed E-state index contributed by atoms with van der Waals surface area (Å²) in [6, 6.07) is -1.11. The highest BCUT2D eigenvalue weighted by Crippen LogP contribution is 2.09. The number of nitrogens with one attached hydrogen (secondary N) is 2. The molecule has 0 spiro atoms. The Balaban J connectivity index is 2.82. The molecule has 0 amide bonds. The number of nitrogens with zero attached hydrogens (tertiary/aromatic N) is 1. The van der Waals surface area contributed by atoms with Crippen LogP contribution in [0.5, 0.6) is 0 Å². The smallest absolute Gasteiger partial charge is 0.321 e. The number of unbranched alkanes of at least 4 members (excludes halogenated alkanes) is 1. The van der Waals surface area contributed by atoms with E-state index in [1.807, 2.05) is 6.92 Å². The van der Waals surface area contributed by atoms with Gasteiger partial charge in [0.15, 0.2) is 5.03 Å². The van der Waals surface area contributed by atoms with Crippen molar-refractivity contribution in [3.05, 3.63) is 12.0 Å². The molecule has 18 heavy (non-hydrogen) atoms. The SMILES string of the molecule is CCCCC(NS(=O)(=O)c1cnc(C)[nH]1)C(=O)O. The molecule has 1 heterocycles. The zero-order valence-corrected chi connectivity index (χ0v) is 11.1. The lowest BCUT2D eigenvalue weighted by Crippen LogP contribution is -2.40. The van der Waals surface area contributed by atoms with Crippen LogP contribution in [-0.2, 0) is 14.8 Å². The van der Waals surface area contributed by atoms with Crippen molar-refractivity contribution < 1.29 is 18.3 Å². The average molecular weight is 275 g/mol. The van der Waals surface area contributed by atoms with Gasteiger partial charge in [-0.2, -0.15) is 4.72 Å². The number of aryl methyl sites for hydroxylation is 1. The maximum atomic E-state index is 11.9. The van der Waals surface area contributed by atoms with E-state index in [1.165, 1.54) is 0 Å². The number of hydrogen-bond acceptors (Lipinski definition) is 4. The van der Waals surface area contributed by atoms with Crippen LogP contribution >= 0.6 is 0 Å². The number of hydrogen-bond donors (Lipinski definition) is 3. The zero-order valence-electron chi connectivity index (χ0n) is 10.3. The van der Waals surface area contributed by atoms with Crippen molar-refractivity contribution in [2.45, 2.75) is 44.2 Å². The molecule has 8 heteroatoms. The largest absolute Gasteiger partial charge is 0.480 e. The van der Waals surface area contributed by atoms with Gasteiger partial charge in [0.25, 0.3) is 10.0 Å². The van der Waals surface area contributed by atoms with Crippen LogP contribution in [0.15, 0.2) is 11.2 Å². The number of sulfonamides is 1. The molecule has 0 radical (unpaired) electrons. The lowest BCUT2D eigenvalue weighted by Gasteiger charge is -2.13. The first kappa shape index (κ1) is 14.7. The Kier molecular flexibility index (Phi) is 4.85. The summed E-state index contributed by atoms with van der Waals surface area (Å²) < 4.78 is 25.9. The number of aliphatic carboxylic acids is 1. The van der Waals surface area contributed by atoms with Gasteiger partial charge in [-0.3, -0.25) is 4.79 Å². The van der Waals surface area contributed by atoms with Gasteiger partial charge in [0.1, 0.15) is 11.9 Å². The number of carboxylic acids is 1. The summed E-state index contributed by atoms with van der Waals surface area (Å²) in [5.41, 5.74) is 0. The van der Waals surface area contributed by atoms with Crippen molar-refractivity contribution in [1.82, 2.24) is 14.7 Å². The van der Waals surface area contributed by atoms with Crippen LogP contribution in [0.4, 0.5) is 0 Å². The lowest BCUT2D eigenvalue weighted by atomic mass is 10.1. The predicted molar refractivity (Wildman–Crippen MR) is 64.6 cm³/mol. The molecule has 0 aliphatic rings. The second kappa shape index (κ2) is 5.96. The minimum atomic E-state index is -3.86. The van der Waals surface area contributed by atoms with Crippen molar-refractivity contribution >= 4 is 16.0 Å². The van der Waals surface area contributed by atoms with Crippen molar-refractivity contribution in [2.24, 2.45) is 0 Å². The van der Waals surface area contributed by atoms with E-state index in [4.69, 9.17) is 5.11 Å². The van der Waals surface area contributed by atoms with E-state index in [0.29, 0.717) is 12.2 Å². The molecular formula is C10H17N3O4S. The first-order chi connectivity index (χ1) is 8.36. The summed E-state index contributed by atoms with van der Waals surface area (Å²) >= 11 is 0. The topological polar surface area (TPSA) is 112 Å². The number of imidazole rings is 1. The van der Waals surface area contributed by atoms with Crippen molar-refractivity contribution in [3.63, 3.8) is 0 Å². The minimum Gasteiger partial charge on any atom is -0.480 e. The van der Waals surface area contributed by atoms with Gasteiger partial charge >= 0.3 is 5.97 Å². The standard InChI is InChI=1S/C10H17N3O4S/c1-3-4-5-8(10(14)15)13-18(16,17)9-6-11-7(2)12-9/h6,8,13H,3-5H2,1-2H3,(H,11,12)(H,14,15). The highest BCUT2D eigenvalue weighted by atomic mass is 32.2. The highest BCUT2D eigenvalue weighted by molar-refractivity contribution is 7.89. The number of H-pyrrole nitrogens is 1. The summed E-state index contributed by atoms with van der Waals surface area (Å²) in [6.45, 7) is 3.52. The summed E-state index contributed by atoms with van der Waals surface area (Å²) in [7, 11) is -3.86. The molecule has 0 bridgehead atoms. The van der Waals surface area contributed by atoms with Crippen molar-refractivity contribution in [1.29, 1.82) is 0 Å². The van der Waals surface area contributed by atoms with Crippen molar-refractivity contribution in [3.8, 4) is 0 Å². The molecule has 0 fully saturated rings. The van der Waals surface area contributed by atoms with E-state index >= 15 is 0 Å². The number of aromatic nitrogens is 2. The third-order valence-electron chi connectivity index (χ3n) is 2.41. The molecule has 3 N–H and O–H groups in total. The molecule has 1 aromatic rings. The Morgan fingerprint density at radius 2 is 2.28 bits per heavy atom. The van der Waals surface area contributed by atoms with Gasteiger partial charge < -0.3 is 10.1 Å². The molecule has 0 saturated heterocycles. The molecule has 0 aromatic carbocycles. The van der Waals surface area contributed by atoms with E-state index < -0.39 is 22.0 Å². The maximum absolute atomic E-state index is 11.9. The molecule has 1 unspecified atom stereocenters. The fourth-order valence-electron chi connectivity index (χ4n) is 1.43. The number of rotatable bonds is 7. The van der Waals surface area contributed by atoms with Crippen LogP contribution in [0.2, 0.25) is 0 Å². The Labute approximate surface area is 106 Å². The van der Waals surface area contributed by atoms with Gasteiger partial charge in [-0.25, -0.2) is 13.4 Å². The normalized spacial score (nSPS) is 13.4. The minimum absolute atomic E-state index is 0.122. The van der Waals surface area contributed by atoms with Gasteiger partial charge in [0.2, 0.25) is 0 Å². The van der Waals surface area contributed by atoms with Crippen molar-refractivity contribution in [2.75, 3.05) is 0 Å². The fourth-order valence-corrected chi connectivity index (χ4v) is 2.62. The fraction of sp³-hybridized carbons (Fsp3) is 0.600. The van der Waals surface area contributed by atoms with Crippen LogP contribution in [0, 0.1) is 6.92 Å². The molecule has 102 valence electrons. The summed E-state index contributed by atoms with van der Waals surface area (Å²) in [4.78, 5) is 17.3. The van der Waals surface area contributed by atoms with Gasteiger partial charge in [-0.1, -0.05) is 19.8 Å². The van der Waals surface area contributed by atoms with Crippen LogP contribution in [0.1, 0.15) is 32.0 Å². The summed E-state index contributed by atoms with van der Waals surface area (Å²) in [6.07, 6.45) is 2.87. The van der Waals surface area contributed by atoms with Gasteiger partial charge in [0.05, 0.1) is 6.20 Å². The summed E-state index contributed by atoms with van der Waals surface area (Å²) in [5, 5.41) is 8.84. The Morgan fingerprint density at radius 3 is 2.72 bits per heavy atom. The number of carboxylic acid groups (broad SMARTS) is 1. The third kappa shape index (κ3) is 3.81. The van der Waals surface area contributed by atoms with E-state index in [-0.39, 0.29) is 11.4 Å². The second-order valence-electron chi connectivity index (χ2n) is 3.99. The molecule has 1 rings (SSSR count). The number of aromatic amines is 1. The molecule has 0 aliphatic carbocycles. The van der Waals surface area contributed by atoms with E-state index in [1.54, 1.807) is 6.92 Å². The van der Waals surface area contributed by atoms with Gasteiger partial charge in [-0.15, -0.1) is 0 Å². The molecule has 1 aromatic heterocycles. The van der Waals surface area contributed by atoms with Crippen LogP contribution in [-0.4, -0.2) is 35.5 Å². The lowest BCUT2D eigenvalue weighted by molar-refractivity contribution is -0.139. The molecule has 1 atom stereocenters. The van der Waals surface area contributed by atoms with Crippen LogP contribution < -0.4 is 4.72 Å². The number of carbonyl (C=O) groups is 1. The Bertz CT molecular complexity index is 509. The monoisotopic (exact) mass is 275 g/mol. The van der Waals surface area contributed by atoms with Gasteiger partial charge in [0, 0.05) is 0 Å². The highest BCUT2D eigenvalue weighted by Gasteiger charge is 2.25. The summed E-state index contributed by atoms with van der Waals surface area (Å²) in [5.74, 6) is -0.723. The predicted octanol–water partition coefficient (Wildman–Crippen LogP) is 0.640. The quantitative estimate of drug-likeness (QED) is 0.676. The van der Waals surface area contributed by atoms with E-state index in [2.05, 4.69) is 14.7 Å². The van der Waals surface area contributed by atoms with Gasteiger partial charge in [-0.05, 0) is 13.3 Å². The second-order valence-corrected chi connectivity index (χ2v) is 5.67. The Morgan fingerprint density at radius 1 is 1.61 bits per heavy atom. The molecular weight excluding hydrogens is 258 g/mol. The van der Waals surface area contributed by atoms with E-state index in [9.17, 15) is 13.2 Å². The Hall–Kier alpha value is -1.41. The average Bonchev–Trinajstić information content (AvgIpc) is 2.71. The zero-order chi connectivity index (χ0) is 13.8. The molecule has 0 saturated carbocycles. The van der Waals surface area contributed by atoms with Crippen LogP contribution in [0.25, 0.3) is 0 Å². The first-order valence-corrected chi connectivity index (χ1v) is 7.12. The van der Waals surface area contributed by atoms with Crippen LogP contribution in [0.3, 0.4) is 0 Å². The first-order valence-electron chi connectivity index (χ1n) is 5.63. The molecule has 7 nitrogen and oxygen atoms in total. The third-order valence-corrected chi connectivity index (χ3v) is 3.79. The maximum Gasteiger partial charge on any atom is 0.321 e. The van der Waals surface area contributed by atoms with E-state index in [0.717, 1.165) is 12.6 Å². The molecule has 0 aliphatic heterocycles.